The van der Waals surface area contributed by atoms with Gasteiger partial charge in [-0.3, -0.25) is 9.69 Å². The van der Waals surface area contributed by atoms with E-state index < -0.39 is 35.8 Å². The van der Waals surface area contributed by atoms with Crippen LogP contribution in [0.2, 0.25) is 0 Å². The molecular formula is C27H34N4O5. The van der Waals surface area contributed by atoms with Crippen LogP contribution in [-0.4, -0.2) is 47.0 Å². The molecule has 3 rings (SSSR count). The third-order valence-electron chi connectivity index (χ3n) is 5.57. The summed E-state index contributed by atoms with van der Waals surface area (Å²) in [6.07, 6.45) is 0.937. The van der Waals surface area contributed by atoms with Crippen LogP contribution in [0.1, 0.15) is 57.2 Å². The zero-order valence-electron chi connectivity index (χ0n) is 21.0. The summed E-state index contributed by atoms with van der Waals surface area (Å²) >= 11 is 0. The van der Waals surface area contributed by atoms with Crippen molar-refractivity contribution >= 4 is 23.9 Å². The van der Waals surface area contributed by atoms with E-state index in [0.717, 1.165) is 18.4 Å². The lowest BCUT2D eigenvalue weighted by atomic mass is 10.0. The average Bonchev–Trinajstić information content (AvgIpc) is 2.86. The molecule has 2 aromatic rings. The van der Waals surface area contributed by atoms with E-state index in [1.165, 1.54) is 4.90 Å². The normalized spacial score (nSPS) is 17.1. The van der Waals surface area contributed by atoms with E-state index in [2.05, 4.69) is 10.3 Å². The molecule has 0 bridgehead atoms. The fraction of sp³-hybridized carbons (Fsp3) is 0.407. The molecule has 3 amide bonds. The number of likely N-dealkylation sites (tertiary alicyclic amines) is 1. The number of nitrogens with one attached hydrogen (secondary N) is 1. The Labute approximate surface area is 211 Å². The number of carbonyl (C=O) groups excluding carboxylic acids is 3. The van der Waals surface area contributed by atoms with E-state index in [4.69, 9.17) is 15.2 Å². The van der Waals surface area contributed by atoms with Crippen LogP contribution >= 0.6 is 0 Å². The molecule has 192 valence electrons. The number of rotatable bonds is 6. The van der Waals surface area contributed by atoms with Gasteiger partial charge in [0.1, 0.15) is 24.1 Å². The van der Waals surface area contributed by atoms with E-state index in [0.29, 0.717) is 18.5 Å². The van der Waals surface area contributed by atoms with E-state index in [1.807, 2.05) is 30.3 Å². The summed E-state index contributed by atoms with van der Waals surface area (Å²) in [4.78, 5) is 44.1. The van der Waals surface area contributed by atoms with Gasteiger partial charge in [0.05, 0.1) is 6.04 Å². The summed E-state index contributed by atoms with van der Waals surface area (Å²) in [5, 5.41) is 2.60. The highest BCUT2D eigenvalue weighted by Gasteiger charge is 2.34. The van der Waals surface area contributed by atoms with Crippen LogP contribution in [0.5, 0.6) is 0 Å². The van der Waals surface area contributed by atoms with Gasteiger partial charge in [-0.05, 0) is 51.2 Å². The van der Waals surface area contributed by atoms with Gasteiger partial charge in [-0.1, -0.05) is 60.7 Å². The Hall–Kier alpha value is -3.88. The topological polar surface area (TPSA) is 123 Å². The Morgan fingerprint density at radius 2 is 1.69 bits per heavy atom. The molecule has 9 nitrogen and oxygen atoms in total. The lowest BCUT2D eigenvalue weighted by Crippen LogP contribution is -2.52. The number of hydrogen-bond acceptors (Lipinski definition) is 5. The van der Waals surface area contributed by atoms with E-state index in [9.17, 15) is 14.4 Å². The zero-order valence-corrected chi connectivity index (χ0v) is 21.0. The average molecular weight is 495 g/mol. The number of alkyl carbamates (subject to hydrolysis) is 1. The first-order valence-corrected chi connectivity index (χ1v) is 12.0. The number of amides is 3. The maximum Gasteiger partial charge on any atom is 0.410 e. The number of nitrogens with two attached hydrogens (primary N) is 1. The number of carbonyl (C=O) groups is 3. The van der Waals surface area contributed by atoms with Gasteiger partial charge in [-0.15, -0.1) is 0 Å². The van der Waals surface area contributed by atoms with E-state index >= 15 is 0 Å². The minimum absolute atomic E-state index is 0.00550. The molecule has 2 aromatic carbocycles. The lowest BCUT2D eigenvalue weighted by molar-refractivity contribution is -0.119. The van der Waals surface area contributed by atoms with Crippen molar-refractivity contribution in [1.29, 1.82) is 0 Å². The number of amidine groups is 1. The number of hydrogen-bond donors (Lipinski definition) is 2. The largest absolute Gasteiger partial charge is 0.445 e. The maximum atomic E-state index is 13.2. The lowest BCUT2D eigenvalue weighted by Gasteiger charge is -2.36. The predicted octanol–water partition coefficient (Wildman–Crippen LogP) is 4.33. The molecule has 1 aliphatic heterocycles. The second kappa shape index (κ2) is 12.2. The summed E-state index contributed by atoms with van der Waals surface area (Å²) < 4.78 is 10.8. The molecule has 0 aromatic heterocycles. The van der Waals surface area contributed by atoms with Crippen molar-refractivity contribution in [1.82, 2.24) is 10.2 Å². The van der Waals surface area contributed by atoms with Crippen molar-refractivity contribution < 1.29 is 23.9 Å². The van der Waals surface area contributed by atoms with Crippen LogP contribution in [0.15, 0.2) is 65.7 Å². The Morgan fingerprint density at radius 1 is 1.06 bits per heavy atom. The SMILES string of the molecule is CC(C)(C)OC(=O)N1CCCCC1C(N)=NC(=O)C(NC(=O)OCc1ccccc1)c1ccccc1. The van der Waals surface area contributed by atoms with E-state index in [1.54, 1.807) is 51.1 Å². The molecule has 1 saturated heterocycles. The number of piperidine rings is 1. The highest BCUT2D eigenvalue weighted by molar-refractivity contribution is 6.00. The number of aliphatic imine (C=N–C) groups is 1. The van der Waals surface area contributed by atoms with Crippen molar-refractivity contribution in [2.24, 2.45) is 10.7 Å². The molecule has 0 spiro atoms. The minimum Gasteiger partial charge on any atom is -0.445 e. The number of benzene rings is 2. The standard InChI is InChI=1S/C27H34N4O5/c1-27(2,3)36-26(34)31-17-11-10-16-21(31)23(28)30-24(32)22(20-14-8-5-9-15-20)29-25(33)35-18-19-12-6-4-7-13-19/h4-9,12-15,21-22H,10-11,16-18H2,1-3H3,(H,29,33)(H2,28,30,32). The Kier molecular flexibility index (Phi) is 9.05. The van der Waals surface area contributed by atoms with Gasteiger partial charge < -0.3 is 20.5 Å². The van der Waals surface area contributed by atoms with Gasteiger partial charge in [0, 0.05) is 6.54 Å². The second-order valence-electron chi connectivity index (χ2n) is 9.61. The van der Waals surface area contributed by atoms with Crippen molar-refractivity contribution in [2.45, 2.75) is 64.3 Å². The van der Waals surface area contributed by atoms with Gasteiger partial charge in [-0.25, -0.2) is 9.59 Å². The van der Waals surface area contributed by atoms with Gasteiger partial charge >= 0.3 is 12.2 Å². The highest BCUT2D eigenvalue weighted by atomic mass is 16.6. The Morgan fingerprint density at radius 3 is 2.33 bits per heavy atom. The summed E-state index contributed by atoms with van der Waals surface area (Å²) in [7, 11) is 0. The minimum atomic E-state index is -1.11. The molecule has 1 fully saturated rings. The zero-order chi connectivity index (χ0) is 26.1. The van der Waals surface area contributed by atoms with Crippen LogP contribution in [0.25, 0.3) is 0 Å². The fourth-order valence-corrected chi connectivity index (χ4v) is 3.86. The molecule has 36 heavy (non-hydrogen) atoms. The number of ether oxygens (including phenoxy) is 2. The smallest absolute Gasteiger partial charge is 0.410 e. The van der Waals surface area contributed by atoms with Crippen LogP contribution < -0.4 is 11.1 Å². The Bertz CT molecular complexity index is 1070. The van der Waals surface area contributed by atoms with Gasteiger partial charge in [0.25, 0.3) is 5.91 Å². The van der Waals surface area contributed by atoms with Gasteiger partial charge in [-0.2, -0.15) is 4.99 Å². The third-order valence-corrected chi connectivity index (χ3v) is 5.57. The van der Waals surface area contributed by atoms with Gasteiger partial charge in [0.15, 0.2) is 0 Å². The Balaban J connectivity index is 1.75. The molecule has 1 heterocycles. The summed E-state index contributed by atoms with van der Waals surface area (Å²) in [6, 6.07) is 16.3. The molecule has 1 aliphatic rings. The van der Waals surface area contributed by atoms with Crippen LogP contribution in [-0.2, 0) is 20.9 Å². The highest BCUT2D eigenvalue weighted by Crippen LogP contribution is 2.22. The molecule has 2 unspecified atom stereocenters. The third kappa shape index (κ3) is 7.83. The first-order valence-electron chi connectivity index (χ1n) is 12.0. The van der Waals surface area contributed by atoms with Crippen molar-refractivity contribution in [3.8, 4) is 0 Å². The summed E-state index contributed by atoms with van der Waals surface area (Å²) in [6.45, 7) is 5.88. The van der Waals surface area contributed by atoms with Crippen molar-refractivity contribution in [2.75, 3.05) is 6.54 Å². The van der Waals surface area contributed by atoms with E-state index in [-0.39, 0.29) is 12.4 Å². The molecule has 0 radical (unpaired) electrons. The van der Waals surface area contributed by atoms with Crippen LogP contribution in [0.3, 0.4) is 0 Å². The quantitative estimate of drug-likeness (QED) is 0.455. The molecule has 3 N–H and O–H groups in total. The molecule has 0 aliphatic carbocycles. The maximum absolute atomic E-state index is 13.2. The summed E-state index contributed by atoms with van der Waals surface area (Å²) in [5.74, 6) is -0.656. The van der Waals surface area contributed by atoms with Crippen LogP contribution in [0.4, 0.5) is 9.59 Å². The fourth-order valence-electron chi connectivity index (χ4n) is 3.86. The number of nitrogens with zero attached hydrogens (tertiary/aromatic N) is 2. The van der Waals surface area contributed by atoms with Crippen molar-refractivity contribution in [3.63, 3.8) is 0 Å². The van der Waals surface area contributed by atoms with Crippen LogP contribution in [0, 0.1) is 0 Å². The molecular weight excluding hydrogens is 460 g/mol. The summed E-state index contributed by atoms with van der Waals surface area (Å²) in [5.41, 5.74) is 6.94. The second-order valence-corrected chi connectivity index (χ2v) is 9.61. The monoisotopic (exact) mass is 494 g/mol. The molecule has 9 heteroatoms. The first kappa shape index (κ1) is 26.7. The van der Waals surface area contributed by atoms with Crippen molar-refractivity contribution in [3.05, 3.63) is 71.8 Å². The molecule has 2 atom stereocenters. The molecule has 0 saturated carbocycles. The predicted molar refractivity (Wildman–Crippen MR) is 136 cm³/mol. The first-order chi connectivity index (χ1) is 17.1. The van der Waals surface area contributed by atoms with Gasteiger partial charge in [0.2, 0.25) is 0 Å².